The number of hydrogen-bond donors (Lipinski definition) is 1. The average molecular weight is 457 g/mol. The largest absolute Gasteiger partial charge is 0.493 e. The Labute approximate surface area is 199 Å². The number of fused-ring (bicyclic) bond motifs is 2. The van der Waals surface area contributed by atoms with Gasteiger partial charge in [0, 0.05) is 36.6 Å². The maximum atomic E-state index is 13.4. The lowest BCUT2D eigenvalue weighted by Crippen LogP contribution is -2.39. The van der Waals surface area contributed by atoms with Gasteiger partial charge in [-0.05, 0) is 54.4 Å². The number of amides is 1. The summed E-state index contributed by atoms with van der Waals surface area (Å²) in [5.74, 6) is 0.998. The molecular weight excluding hydrogens is 428 g/mol. The van der Waals surface area contributed by atoms with E-state index in [1.807, 2.05) is 28.8 Å². The predicted octanol–water partition coefficient (Wildman–Crippen LogP) is 5.13. The number of aromatic nitrogens is 1. The van der Waals surface area contributed by atoms with E-state index in [2.05, 4.69) is 36.5 Å². The van der Waals surface area contributed by atoms with Gasteiger partial charge in [-0.1, -0.05) is 36.4 Å². The summed E-state index contributed by atoms with van der Waals surface area (Å²) in [7, 11) is 1.56. The third kappa shape index (κ3) is 4.24. The Hall–Kier alpha value is -3.77. The van der Waals surface area contributed by atoms with Gasteiger partial charge in [0.1, 0.15) is 12.3 Å². The van der Waals surface area contributed by atoms with Crippen LogP contribution in [0.15, 0.2) is 72.9 Å². The molecule has 0 spiro atoms. The number of rotatable bonds is 6. The van der Waals surface area contributed by atoms with E-state index < -0.39 is 5.60 Å². The number of aliphatic hydroxyl groups is 1. The summed E-state index contributed by atoms with van der Waals surface area (Å²) in [6.45, 7) is 4.76. The smallest absolute Gasteiger partial charge is 0.274 e. The van der Waals surface area contributed by atoms with Gasteiger partial charge in [0.05, 0.1) is 12.7 Å². The molecule has 1 N–H and O–H groups in total. The molecule has 5 rings (SSSR count). The normalized spacial score (nSPS) is 13.8. The van der Waals surface area contributed by atoms with Crippen molar-refractivity contribution in [1.29, 1.82) is 0 Å². The third-order valence-corrected chi connectivity index (χ3v) is 6.05. The van der Waals surface area contributed by atoms with E-state index in [9.17, 15) is 9.90 Å². The fraction of sp³-hybridized carbons (Fsp3) is 0.250. The second-order valence-corrected chi connectivity index (χ2v) is 9.26. The van der Waals surface area contributed by atoms with Crippen LogP contribution in [0.3, 0.4) is 0 Å². The highest BCUT2D eigenvalue weighted by Gasteiger charge is 2.27. The summed E-state index contributed by atoms with van der Waals surface area (Å²) >= 11 is 0. The molecule has 4 aromatic rings. The van der Waals surface area contributed by atoms with Crippen molar-refractivity contribution < 1.29 is 19.4 Å². The van der Waals surface area contributed by atoms with E-state index >= 15 is 0 Å². The van der Waals surface area contributed by atoms with Gasteiger partial charge in [-0.15, -0.1) is 0 Å². The second-order valence-electron chi connectivity index (χ2n) is 9.26. The fourth-order valence-electron chi connectivity index (χ4n) is 4.29. The molecule has 0 atom stereocenters. The van der Waals surface area contributed by atoms with E-state index in [4.69, 9.17) is 9.47 Å². The summed E-state index contributed by atoms with van der Waals surface area (Å²) in [5, 5.41) is 12.3. The first-order valence-corrected chi connectivity index (χ1v) is 11.4. The Bertz CT molecular complexity index is 1370. The number of nitrogens with zero attached hydrogens (tertiary/aromatic N) is 2. The van der Waals surface area contributed by atoms with E-state index in [0.29, 0.717) is 30.3 Å². The molecule has 1 amide bonds. The Balaban J connectivity index is 1.41. The van der Waals surface area contributed by atoms with Crippen LogP contribution in [-0.4, -0.2) is 41.4 Å². The molecule has 2 heterocycles. The number of anilines is 1. The van der Waals surface area contributed by atoms with Crippen LogP contribution in [0.1, 0.15) is 24.3 Å². The van der Waals surface area contributed by atoms with Gasteiger partial charge >= 0.3 is 0 Å². The first kappa shape index (κ1) is 22.0. The molecule has 0 aliphatic carbocycles. The minimum atomic E-state index is -0.958. The SMILES string of the molecule is COc1cc(N2CCn3cc(-c4ccc5ccccc5c4)cc3C2=O)ccc1OCC(C)(C)O. The fourth-order valence-corrected chi connectivity index (χ4v) is 4.29. The van der Waals surface area contributed by atoms with Crippen LogP contribution in [0.25, 0.3) is 21.9 Å². The van der Waals surface area contributed by atoms with Crippen molar-refractivity contribution in [3.8, 4) is 22.6 Å². The highest BCUT2D eigenvalue weighted by Crippen LogP contribution is 2.35. The molecule has 0 unspecified atom stereocenters. The van der Waals surface area contributed by atoms with Gasteiger partial charge in [-0.2, -0.15) is 0 Å². The molecule has 1 aromatic heterocycles. The molecule has 0 saturated carbocycles. The van der Waals surface area contributed by atoms with Crippen LogP contribution in [0.2, 0.25) is 0 Å². The first-order valence-electron chi connectivity index (χ1n) is 11.4. The second kappa shape index (κ2) is 8.54. The van der Waals surface area contributed by atoms with Crippen molar-refractivity contribution in [2.45, 2.75) is 26.0 Å². The summed E-state index contributed by atoms with van der Waals surface area (Å²) in [6, 6.07) is 22.1. The Kier molecular flexibility index (Phi) is 5.54. The highest BCUT2D eigenvalue weighted by molar-refractivity contribution is 6.07. The monoisotopic (exact) mass is 456 g/mol. The molecular formula is C28H28N2O4. The van der Waals surface area contributed by atoms with Gasteiger partial charge in [0.15, 0.2) is 11.5 Å². The topological polar surface area (TPSA) is 63.9 Å². The summed E-state index contributed by atoms with van der Waals surface area (Å²) in [5.41, 5.74) is 2.58. The number of hydrogen-bond acceptors (Lipinski definition) is 4. The Morgan fingerprint density at radius 1 is 0.912 bits per heavy atom. The van der Waals surface area contributed by atoms with Crippen molar-refractivity contribution in [2.75, 3.05) is 25.2 Å². The first-order chi connectivity index (χ1) is 16.3. The molecule has 1 aliphatic heterocycles. The number of ether oxygens (including phenoxy) is 2. The number of carbonyl (C=O) groups excluding carboxylic acids is 1. The lowest BCUT2D eigenvalue weighted by Gasteiger charge is -2.29. The maximum absolute atomic E-state index is 13.4. The van der Waals surface area contributed by atoms with E-state index in [0.717, 1.165) is 16.8 Å². The van der Waals surface area contributed by atoms with E-state index in [1.165, 1.54) is 10.8 Å². The molecule has 3 aromatic carbocycles. The molecule has 6 heteroatoms. The predicted molar refractivity (Wildman–Crippen MR) is 134 cm³/mol. The maximum Gasteiger partial charge on any atom is 0.274 e. The lowest BCUT2D eigenvalue weighted by atomic mass is 10.0. The Morgan fingerprint density at radius 3 is 2.47 bits per heavy atom. The van der Waals surface area contributed by atoms with Crippen LogP contribution < -0.4 is 14.4 Å². The van der Waals surface area contributed by atoms with Gasteiger partial charge in [-0.25, -0.2) is 0 Å². The van der Waals surface area contributed by atoms with Crippen LogP contribution >= 0.6 is 0 Å². The van der Waals surface area contributed by atoms with Gasteiger partial charge < -0.3 is 24.0 Å². The van der Waals surface area contributed by atoms with Gasteiger partial charge in [0.2, 0.25) is 0 Å². The third-order valence-electron chi connectivity index (χ3n) is 6.05. The number of benzene rings is 3. The molecule has 174 valence electrons. The van der Waals surface area contributed by atoms with Gasteiger partial charge in [-0.3, -0.25) is 4.79 Å². The minimum absolute atomic E-state index is 0.0505. The van der Waals surface area contributed by atoms with Crippen molar-refractivity contribution in [3.63, 3.8) is 0 Å². The molecule has 1 aliphatic rings. The van der Waals surface area contributed by atoms with Crippen molar-refractivity contribution in [2.24, 2.45) is 0 Å². The highest BCUT2D eigenvalue weighted by atomic mass is 16.5. The quantitative estimate of drug-likeness (QED) is 0.437. The van der Waals surface area contributed by atoms with E-state index in [1.54, 1.807) is 38.0 Å². The standard InChI is InChI=1S/C28H28N2O4/c1-28(2,32)18-34-25-11-10-23(16-26(25)33-3)30-13-12-29-17-22(15-24(29)27(30)31)21-9-8-19-6-4-5-7-20(19)14-21/h4-11,14-17,32H,12-13,18H2,1-3H3. The lowest BCUT2D eigenvalue weighted by molar-refractivity contribution is 0.0276. The zero-order valence-corrected chi connectivity index (χ0v) is 19.6. The van der Waals surface area contributed by atoms with Crippen molar-refractivity contribution >= 4 is 22.4 Å². The molecule has 0 fully saturated rings. The molecule has 0 bridgehead atoms. The minimum Gasteiger partial charge on any atom is -0.493 e. The van der Waals surface area contributed by atoms with Crippen LogP contribution in [-0.2, 0) is 6.54 Å². The van der Waals surface area contributed by atoms with E-state index in [-0.39, 0.29) is 12.5 Å². The molecule has 0 radical (unpaired) electrons. The molecule has 6 nitrogen and oxygen atoms in total. The molecule has 0 saturated heterocycles. The Morgan fingerprint density at radius 2 is 1.71 bits per heavy atom. The summed E-state index contributed by atoms with van der Waals surface area (Å²) in [6.07, 6.45) is 2.06. The number of carbonyl (C=O) groups is 1. The van der Waals surface area contributed by atoms with Gasteiger partial charge in [0.25, 0.3) is 5.91 Å². The molecule has 34 heavy (non-hydrogen) atoms. The van der Waals surface area contributed by atoms with Crippen LogP contribution in [0, 0.1) is 0 Å². The van der Waals surface area contributed by atoms with Crippen molar-refractivity contribution in [1.82, 2.24) is 4.57 Å². The van der Waals surface area contributed by atoms with Crippen molar-refractivity contribution in [3.05, 3.63) is 78.6 Å². The average Bonchev–Trinajstić information content (AvgIpc) is 3.27. The summed E-state index contributed by atoms with van der Waals surface area (Å²) in [4.78, 5) is 15.2. The number of methoxy groups -OCH3 is 1. The zero-order valence-electron chi connectivity index (χ0n) is 19.6. The summed E-state index contributed by atoms with van der Waals surface area (Å²) < 4.78 is 13.2. The zero-order chi connectivity index (χ0) is 23.9. The van der Waals surface area contributed by atoms with Crippen LogP contribution in [0.5, 0.6) is 11.5 Å². The van der Waals surface area contributed by atoms with Crippen LogP contribution in [0.4, 0.5) is 5.69 Å².